The maximum atomic E-state index is 10.8. The first-order chi connectivity index (χ1) is 14.0. The average Bonchev–Trinajstić information content (AvgIpc) is 2.77. The molecule has 166 valence electrons. The second-order valence-corrected chi connectivity index (χ2v) is 8.15. The van der Waals surface area contributed by atoms with Crippen LogP contribution >= 0.6 is 12.4 Å². The normalized spacial score (nSPS) is 18.4. The molecule has 0 bridgehead atoms. The molecule has 3 unspecified atom stereocenters. The zero-order valence-electron chi connectivity index (χ0n) is 18.4. The van der Waals surface area contributed by atoms with Crippen LogP contribution in [0.5, 0.6) is 5.75 Å². The summed E-state index contributed by atoms with van der Waals surface area (Å²) in [6.07, 6.45) is -0.510. The molecule has 3 rings (SSSR count). The van der Waals surface area contributed by atoms with Gasteiger partial charge in [-0.25, -0.2) is 0 Å². The molecule has 0 aromatic heterocycles. The van der Waals surface area contributed by atoms with Crippen LogP contribution in [-0.4, -0.2) is 85.3 Å². The second-order valence-electron chi connectivity index (χ2n) is 8.15. The third-order valence-electron chi connectivity index (χ3n) is 6.03. The molecule has 0 saturated carbocycles. The summed E-state index contributed by atoms with van der Waals surface area (Å²) in [5, 5.41) is 10.8. The number of likely N-dealkylation sites (N-methyl/N-ethyl adjacent to an activating group) is 2. The third-order valence-corrected chi connectivity index (χ3v) is 6.03. The predicted molar refractivity (Wildman–Crippen MR) is 126 cm³/mol. The fourth-order valence-electron chi connectivity index (χ4n) is 3.84. The molecule has 3 atom stereocenters. The smallest absolute Gasteiger partial charge is 0.119 e. The van der Waals surface area contributed by atoms with Crippen LogP contribution in [0, 0.1) is 0 Å². The minimum Gasteiger partial charge on any atom is -0.492 e. The molecule has 6 heteroatoms. The number of piperazine rings is 1. The van der Waals surface area contributed by atoms with Crippen molar-refractivity contribution >= 4 is 12.4 Å². The summed E-state index contributed by atoms with van der Waals surface area (Å²) in [5.41, 5.74) is 0.962. The summed E-state index contributed by atoms with van der Waals surface area (Å²) in [4.78, 5) is 7.16. The lowest BCUT2D eigenvalue weighted by atomic mass is 10.0. The lowest BCUT2D eigenvalue weighted by molar-refractivity contribution is 0.0273. The summed E-state index contributed by atoms with van der Waals surface area (Å²) in [6, 6.07) is 20.2. The molecule has 2 aromatic rings. The summed E-state index contributed by atoms with van der Waals surface area (Å²) < 4.78 is 6.13. The lowest BCUT2D eigenvalue weighted by Gasteiger charge is -2.40. The molecule has 30 heavy (non-hydrogen) atoms. The van der Waals surface area contributed by atoms with Crippen LogP contribution in [0.25, 0.3) is 0 Å². The maximum Gasteiger partial charge on any atom is 0.119 e. The van der Waals surface area contributed by atoms with Crippen LogP contribution in [0.2, 0.25) is 0 Å². The monoisotopic (exact) mass is 433 g/mol. The maximum absolute atomic E-state index is 10.8. The van der Waals surface area contributed by atoms with Crippen molar-refractivity contribution in [2.75, 3.05) is 53.4 Å². The van der Waals surface area contributed by atoms with Crippen LogP contribution in [0.1, 0.15) is 18.6 Å². The summed E-state index contributed by atoms with van der Waals surface area (Å²) >= 11 is 0. The highest BCUT2D eigenvalue weighted by Crippen LogP contribution is 2.21. The average molecular weight is 434 g/mol. The van der Waals surface area contributed by atoms with E-state index in [9.17, 15) is 5.11 Å². The van der Waals surface area contributed by atoms with Gasteiger partial charge in [-0.05, 0) is 38.7 Å². The molecular weight excluding hydrogens is 398 g/mol. The van der Waals surface area contributed by atoms with Crippen LogP contribution in [-0.2, 0) is 0 Å². The van der Waals surface area contributed by atoms with Crippen LogP contribution in [0.4, 0.5) is 0 Å². The zero-order chi connectivity index (χ0) is 20.6. The van der Waals surface area contributed by atoms with Crippen molar-refractivity contribution in [1.82, 2.24) is 14.7 Å². The van der Waals surface area contributed by atoms with E-state index in [-0.39, 0.29) is 24.5 Å². The quantitative estimate of drug-likeness (QED) is 0.657. The number of para-hydroxylation sites is 1. The number of hydrogen-bond acceptors (Lipinski definition) is 5. The van der Waals surface area contributed by atoms with E-state index in [0.29, 0.717) is 6.61 Å². The Morgan fingerprint density at radius 3 is 2.13 bits per heavy atom. The molecule has 5 nitrogen and oxygen atoms in total. The van der Waals surface area contributed by atoms with Crippen LogP contribution < -0.4 is 4.74 Å². The Morgan fingerprint density at radius 1 is 0.967 bits per heavy atom. The number of nitrogens with zero attached hydrogens (tertiary/aromatic N) is 3. The molecule has 1 N–H and O–H groups in total. The first-order valence-corrected chi connectivity index (χ1v) is 10.6. The van der Waals surface area contributed by atoms with E-state index in [2.05, 4.69) is 35.7 Å². The fourth-order valence-corrected chi connectivity index (χ4v) is 3.84. The lowest BCUT2D eigenvalue weighted by Crippen LogP contribution is -2.55. The molecule has 0 amide bonds. The molecule has 1 fully saturated rings. The van der Waals surface area contributed by atoms with Gasteiger partial charge in [0.05, 0.1) is 12.1 Å². The second kappa shape index (κ2) is 12.3. The molecule has 1 heterocycles. The zero-order valence-corrected chi connectivity index (χ0v) is 19.2. The number of rotatable bonds is 9. The van der Waals surface area contributed by atoms with Gasteiger partial charge in [0.15, 0.2) is 0 Å². The minimum atomic E-state index is -0.510. The first-order valence-electron chi connectivity index (χ1n) is 10.6. The number of halogens is 1. The largest absolute Gasteiger partial charge is 0.492 e. The van der Waals surface area contributed by atoms with Gasteiger partial charge >= 0.3 is 0 Å². The number of ether oxygens (including phenoxy) is 1. The van der Waals surface area contributed by atoms with Gasteiger partial charge in [0.25, 0.3) is 0 Å². The Bertz CT molecular complexity index is 711. The Labute approximate surface area is 187 Å². The third kappa shape index (κ3) is 6.96. The van der Waals surface area contributed by atoms with E-state index in [0.717, 1.165) is 44.0 Å². The highest BCUT2D eigenvalue weighted by Gasteiger charge is 2.28. The molecule has 0 radical (unpaired) electrons. The van der Waals surface area contributed by atoms with E-state index in [1.807, 2.05) is 60.7 Å². The SMILES string of the molecule is CC(C(O)c1ccccc1)N(C)CC(COc1ccccc1)N1CCN(C)CC1.Cl. The Morgan fingerprint density at radius 2 is 1.53 bits per heavy atom. The van der Waals surface area contributed by atoms with Gasteiger partial charge in [-0.1, -0.05) is 48.5 Å². The van der Waals surface area contributed by atoms with Gasteiger partial charge in [0, 0.05) is 38.8 Å². The van der Waals surface area contributed by atoms with Crippen LogP contribution in [0.15, 0.2) is 60.7 Å². The van der Waals surface area contributed by atoms with Gasteiger partial charge in [-0.2, -0.15) is 0 Å². The first kappa shape index (κ1) is 24.6. The molecule has 1 aliphatic heterocycles. The molecule has 1 saturated heterocycles. The Kier molecular flexibility index (Phi) is 10.1. The summed E-state index contributed by atoms with van der Waals surface area (Å²) in [5.74, 6) is 0.909. The number of hydrogen-bond donors (Lipinski definition) is 1. The van der Waals surface area contributed by atoms with Gasteiger partial charge in [0.1, 0.15) is 12.4 Å². The number of aliphatic hydroxyl groups excluding tert-OH is 1. The molecule has 0 spiro atoms. The summed E-state index contributed by atoms with van der Waals surface area (Å²) in [7, 11) is 4.28. The Hall–Kier alpha value is -1.63. The standard InChI is InChI=1S/C24H35N3O2.ClH/c1-20(24(28)21-10-6-4-7-11-21)26(3)18-22(27-16-14-25(2)15-17-27)19-29-23-12-8-5-9-13-23;/h4-13,20,22,24,28H,14-19H2,1-3H3;1H. The van der Waals surface area contributed by atoms with Gasteiger partial charge in [-0.3, -0.25) is 9.80 Å². The van der Waals surface area contributed by atoms with Crippen molar-refractivity contribution in [3.05, 3.63) is 66.2 Å². The van der Waals surface area contributed by atoms with Crippen LogP contribution in [0.3, 0.4) is 0 Å². The van der Waals surface area contributed by atoms with Gasteiger partial charge in [0.2, 0.25) is 0 Å². The van der Waals surface area contributed by atoms with E-state index < -0.39 is 6.10 Å². The highest BCUT2D eigenvalue weighted by atomic mass is 35.5. The molecule has 2 aromatic carbocycles. The number of benzene rings is 2. The Balaban J connectivity index is 0.00000320. The van der Waals surface area contributed by atoms with E-state index in [1.54, 1.807) is 0 Å². The van der Waals surface area contributed by atoms with E-state index in [1.165, 1.54) is 0 Å². The molecule has 1 aliphatic rings. The molecular formula is C24H36ClN3O2. The summed E-state index contributed by atoms with van der Waals surface area (Å²) in [6.45, 7) is 7.83. The van der Waals surface area contributed by atoms with Gasteiger partial charge < -0.3 is 14.7 Å². The predicted octanol–water partition coefficient (Wildman–Crippen LogP) is 3.16. The van der Waals surface area contributed by atoms with E-state index >= 15 is 0 Å². The van der Waals surface area contributed by atoms with Crippen molar-refractivity contribution < 1.29 is 9.84 Å². The van der Waals surface area contributed by atoms with Crippen molar-refractivity contribution in [3.8, 4) is 5.75 Å². The minimum absolute atomic E-state index is 0. The fraction of sp³-hybridized carbons (Fsp3) is 0.500. The topological polar surface area (TPSA) is 39.2 Å². The van der Waals surface area contributed by atoms with Crippen molar-refractivity contribution in [3.63, 3.8) is 0 Å². The highest BCUT2D eigenvalue weighted by molar-refractivity contribution is 5.85. The van der Waals surface area contributed by atoms with Crippen molar-refractivity contribution in [2.45, 2.75) is 25.1 Å². The number of aliphatic hydroxyl groups is 1. The van der Waals surface area contributed by atoms with Crippen molar-refractivity contribution in [1.29, 1.82) is 0 Å². The molecule has 0 aliphatic carbocycles. The van der Waals surface area contributed by atoms with Gasteiger partial charge in [-0.15, -0.1) is 12.4 Å². The van der Waals surface area contributed by atoms with E-state index in [4.69, 9.17) is 4.74 Å². The van der Waals surface area contributed by atoms with Crippen molar-refractivity contribution in [2.24, 2.45) is 0 Å².